The molecular formula is C4H9F3P+. The maximum absolute atomic E-state index is 11.4. The topological polar surface area (TPSA) is 0 Å². The first-order valence-corrected chi connectivity index (χ1v) is 4.18. The van der Waals surface area contributed by atoms with Crippen molar-refractivity contribution in [2.75, 3.05) is 6.16 Å². The average molecular weight is 145 g/mol. The predicted octanol–water partition coefficient (Wildman–Crippen LogP) is 3.46. The van der Waals surface area contributed by atoms with Crippen molar-refractivity contribution in [1.82, 2.24) is 0 Å². The molecule has 0 aromatic heterocycles. The molecule has 0 nitrogen and oxygen atoms in total. The third kappa shape index (κ3) is 6.22. The van der Waals surface area contributed by atoms with E-state index in [2.05, 4.69) is 0 Å². The van der Waals surface area contributed by atoms with Gasteiger partial charge in [0.15, 0.2) is 6.16 Å². The number of hydrogen-bond acceptors (Lipinski definition) is 0. The number of halogens is 3. The van der Waals surface area contributed by atoms with Crippen LogP contribution in [0, 0.1) is 0 Å². The highest BCUT2D eigenvalue weighted by Crippen LogP contribution is 2.64. The summed E-state index contributed by atoms with van der Waals surface area (Å²) >= 11 is 0. The zero-order valence-electron chi connectivity index (χ0n) is 4.70. The summed E-state index contributed by atoms with van der Waals surface area (Å²) in [5, 5.41) is 0. The fourth-order valence-corrected chi connectivity index (χ4v) is 1.01. The average Bonchev–Trinajstić information content (AvgIpc) is 1.59. The van der Waals surface area contributed by atoms with Crippen LogP contribution < -0.4 is 0 Å². The van der Waals surface area contributed by atoms with Crippen LogP contribution in [0.5, 0.6) is 0 Å². The van der Waals surface area contributed by atoms with E-state index in [-0.39, 0.29) is 0 Å². The third-order valence-corrected chi connectivity index (χ3v) is 1.59. The van der Waals surface area contributed by atoms with E-state index in [9.17, 15) is 12.6 Å². The minimum Gasteiger partial charge on any atom is -0.0652 e. The molecule has 0 saturated heterocycles. The van der Waals surface area contributed by atoms with Crippen LogP contribution in [0.25, 0.3) is 0 Å². The van der Waals surface area contributed by atoms with Crippen molar-refractivity contribution in [2.45, 2.75) is 19.8 Å². The van der Waals surface area contributed by atoms with Crippen LogP contribution >= 0.6 is 8.19 Å². The molecule has 0 aliphatic heterocycles. The Bertz CT molecular complexity index is 58.8. The van der Waals surface area contributed by atoms with Crippen molar-refractivity contribution in [3.63, 3.8) is 0 Å². The summed E-state index contributed by atoms with van der Waals surface area (Å²) in [5.41, 5.74) is 0. The summed E-state index contributed by atoms with van der Waals surface area (Å²) < 4.78 is 34.1. The lowest BCUT2D eigenvalue weighted by atomic mass is 10.4. The Labute approximate surface area is 47.8 Å². The monoisotopic (exact) mass is 145 g/mol. The Morgan fingerprint density at radius 1 is 1.25 bits per heavy atom. The van der Waals surface area contributed by atoms with Gasteiger partial charge in [-0.1, -0.05) is 13.3 Å². The number of hydrogen-bond donors (Lipinski definition) is 0. The van der Waals surface area contributed by atoms with E-state index in [1.165, 1.54) is 0 Å². The van der Waals surface area contributed by atoms with Gasteiger partial charge in [-0.05, 0) is 6.42 Å². The molecule has 0 saturated carbocycles. The third-order valence-electron chi connectivity index (χ3n) is 0.765. The van der Waals surface area contributed by atoms with Gasteiger partial charge in [0.05, 0.1) is 0 Å². The molecule has 0 aromatic carbocycles. The normalized spacial score (nSPS) is 12.0. The van der Waals surface area contributed by atoms with Gasteiger partial charge in [0.1, 0.15) is 0 Å². The van der Waals surface area contributed by atoms with Crippen LogP contribution in [0.1, 0.15) is 19.8 Å². The van der Waals surface area contributed by atoms with Gasteiger partial charge in [0.25, 0.3) is 0 Å². The van der Waals surface area contributed by atoms with E-state index in [1.807, 2.05) is 0 Å². The maximum atomic E-state index is 11.4. The zero-order valence-corrected chi connectivity index (χ0v) is 5.60. The van der Waals surface area contributed by atoms with Gasteiger partial charge in [-0.2, -0.15) is 0 Å². The lowest BCUT2D eigenvalue weighted by Gasteiger charge is -1.89. The highest BCUT2D eigenvalue weighted by atomic mass is 31.3. The molecule has 0 rings (SSSR count). The van der Waals surface area contributed by atoms with E-state index < -0.39 is 14.4 Å². The molecule has 8 heavy (non-hydrogen) atoms. The number of unbranched alkanes of at least 4 members (excludes halogenated alkanes) is 1. The Hall–Kier alpha value is 0.220. The van der Waals surface area contributed by atoms with Gasteiger partial charge in [-0.3, -0.25) is 0 Å². The molecule has 0 N–H and O–H groups in total. The molecule has 0 aromatic rings. The predicted molar refractivity (Wildman–Crippen MR) is 30.0 cm³/mol. The molecule has 0 radical (unpaired) electrons. The Morgan fingerprint density at radius 2 is 1.75 bits per heavy atom. The van der Waals surface area contributed by atoms with E-state index >= 15 is 0 Å². The van der Waals surface area contributed by atoms with E-state index in [1.54, 1.807) is 6.92 Å². The van der Waals surface area contributed by atoms with E-state index in [0.717, 1.165) is 0 Å². The first-order valence-electron chi connectivity index (χ1n) is 2.53. The van der Waals surface area contributed by atoms with Gasteiger partial charge < -0.3 is 0 Å². The summed E-state index contributed by atoms with van der Waals surface area (Å²) in [5.74, 6) is 0. The molecule has 0 aliphatic carbocycles. The van der Waals surface area contributed by atoms with Gasteiger partial charge in [-0.15, -0.1) is 0 Å². The molecule has 0 unspecified atom stereocenters. The van der Waals surface area contributed by atoms with Crippen LogP contribution in [0.3, 0.4) is 0 Å². The Balaban J connectivity index is 3.11. The second-order valence-corrected chi connectivity index (χ2v) is 3.18. The van der Waals surface area contributed by atoms with Crippen LogP contribution in [-0.4, -0.2) is 6.16 Å². The van der Waals surface area contributed by atoms with Crippen molar-refractivity contribution >= 4 is 8.19 Å². The van der Waals surface area contributed by atoms with Gasteiger partial charge in [0, 0.05) is 12.6 Å². The standard InChI is InChI=1S/C4H9F3P/c1-2-3-4-8(5,6)7/h2-4H2,1H3/q+1. The fourth-order valence-electron chi connectivity index (χ4n) is 0.337. The van der Waals surface area contributed by atoms with Crippen LogP contribution in [0.2, 0.25) is 0 Å². The summed E-state index contributed by atoms with van der Waals surface area (Å²) in [4.78, 5) is 0. The zero-order chi connectivity index (χ0) is 6.62. The van der Waals surface area contributed by atoms with Crippen molar-refractivity contribution < 1.29 is 12.6 Å². The second-order valence-electron chi connectivity index (χ2n) is 1.63. The lowest BCUT2D eigenvalue weighted by molar-refractivity contribution is 0.575. The molecule has 0 amide bonds. The van der Waals surface area contributed by atoms with Crippen molar-refractivity contribution in [2.24, 2.45) is 0 Å². The van der Waals surface area contributed by atoms with E-state index in [4.69, 9.17) is 0 Å². The SMILES string of the molecule is CCCC[P+](F)(F)F. The highest BCUT2D eigenvalue weighted by Gasteiger charge is 2.41. The maximum Gasteiger partial charge on any atom is 0.569 e. The molecule has 0 bridgehead atoms. The van der Waals surface area contributed by atoms with E-state index in [0.29, 0.717) is 12.8 Å². The Morgan fingerprint density at radius 3 is 1.88 bits per heavy atom. The fraction of sp³-hybridized carbons (Fsp3) is 1.00. The molecule has 0 aliphatic rings. The summed E-state index contributed by atoms with van der Waals surface area (Å²) in [7, 11) is -4.93. The molecule has 50 valence electrons. The van der Waals surface area contributed by atoms with Crippen LogP contribution in [0.15, 0.2) is 0 Å². The van der Waals surface area contributed by atoms with Crippen LogP contribution in [-0.2, 0) is 0 Å². The van der Waals surface area contributed by atoms with Gasteiger partial charge >= 0.3 is 8.19 Å². The molecule has 0 atom stereocenters. The number of rotatable bonds is 3. The first kappa shape index (κ1) is 8.22. The second kappa shape index (κ2) is 3.29. The minimum absolute atomic E-state index is 0.303. The van der Waals surface area contributed by atoms with Gasteiger partial charge in [-0.25, -0.2) is 0 Å². The largest absolute Gasteiger partial charge is 0.569 e. The lowest BCUT2D eigenvalue weighted by Crippen LogP contribution is -1.79. The van der Waals surface area contributed by atoms with Crippen molar-refractivity contribution in [3.8, 4) is 0 Å². The molecule has 4 heteroatoms. The quantitative estimate of drug-likeness (QED) is 0.533. The smallest absolute Gasteiger partial charge is 0.0652 e. The highest BCUT2D eigenvalue weighted by molar-refractivity contribution is 7.60. The minimum atomic E-state index is -4.93. The van der Waals surface area contributed by atoms with Crippen molar-refractivity contribution in [1.29, 1.82) is 0 Å². The van der Waals surface area contributed by atoms with Gasteiger partial charge in [0.2, 0.25) is 0 Å². The van der Waals surface area contributed by atoms with Crippen molar-refractivity contribution in [3.05, 3.63) is 0 Å². The molecule has 0 spiro atoms. The van der Waals surface area contributed by atoms with Crippen LogP contribution in [0.4, 0.5) is 12.6 Å². The summed E-state index contributed by atoms with van der Waals surface area (Å²) in [6.45, 7) is 1.76. The first-order chi connectivity index (χ1) is 3.56. The Kier molecular flexibility index (Phi) is 3.38. The summed E-state index contributed by atoms with van der Waals surface area (Å²) in [6, 6.07) is 0. The summed E-state index contributed by atoms with van der Waals surface area (Å²) in [6.07, 6.45) is 0.417. The molecule has 0 heterocycles. The molecular weight excluding hydrogens is 136 g/mol. The molecule has 0 fully saturated rings.